The van der Waals surface area contributed by atoms with Crippen LogP contribution < -0.4 is 15.4 Å². The summed E-state index contributed by atoms with van der Waals surface area (Å²) in [6.07, 6.45) is 2.17. The average Bonchev–Trinajstić information content (AvgIpc) is 2.47. The second-order valence-electron chi connectivity index (χ2n) is 5.16. The van der Waals surface area contributed by atoms with Gasteiger partial charge in [0.2, 0.25) is 10.0 Å². The van der Waals surface area contributed by atoms with Crippen LogP contribution >= 0.6 is 0 Å². The maximum absolute atomic E-state index is 12.3. The molecule has 0 bridgehead atoms. The number of piperidine rings is 1. The summed E-state index contributed by atoms with van der Waals surface area (Å²) in [6, 6.07) is 7.19. The SMILES string of the molecule is CCNS(=O)(=O)c1ccccc1N1CCCC(CN)C1. The number of rotatable bonds is 5. The fourth-order valence-corrected chi connectivity index (χ4v) is 3.96. The number of nitrogens with one attached hydrogen (secondary N) is 1. The van der Waals surface area contributed by atoms with E-state index in [1.54, 1.807) is 19.1 Å². The van der Waals surface area contributed by atoms with Gasteiger partial charge in [-0.2, -0.15) is 0 Å². The lowest BCUT2D eigenvalue weighted by Gasteiger charge is -2.34. The summed E-state index contributed by atoms with van der Waals surface area (Å²) in [5.41, 5.74) is 6.54. The Bertz CT molecular complexity index is 545. The molecule has 6 heteroatoms. The van der Waals surface area contributed by atoms with Crippen LogP contribution in [-0.2, 0) is 10.0 Å². The first-order chi connectivity index (χ1) is 9.58. The van der Waals surface area contributed by atoms with Crippen LogP contribution in [0.2, 0.25) is 0 Å². The number of hydrogen-bond donors (Lipinski definition) is 2. The number of hydrogen-bond acceptors (Lipinski definition) is 4. The molecule has 1 aliphatic rings. The minimum absolute atomic E-state index is 0.361. The molecule has 0 radical (unpaired) electrons. The molecule has 3 N–H and O–H groups in total. The van der Waals surface area contributed by atoms with Crippen LogP contribution in [0.4, 0.5) is 5.69 Å². The molecule has 1 atom stereocenters. The molecule has 20 heavy (non-hydrogen) atoms. The Morgan fingerprint density at radius 1 is 1.40 bits per heavy atom. The minimum atomic E-state index is -3.44. The monoisotopic (exact) mass is 297 g/mol. The highest BCUT2D eigenvalue weighted by Crippen LogP contribution is 2.28. The topological polar surface area (TPSA) is 75.4 Å². The summed E-state index contributed by atoms with van der Waals surface area (Å²) >= 11 is 0. The molecule has 1 heterocycles. The van der Waals surface area contributed by atoms with Crippen molar-refractivity contribution < 1.29 is 8.42 Å². The maximum atomic E-state index is 12.3. The fraction of sp³-hybridized carbons (Fsp3) is 0.571. The molecule has 112 valence electrons. The van der Waals surface area contributed by atoms with Crippen LogP contribution in [-0.4, -0.2) is 34.6 Å². The van der Waals surface area contributed by atoms with Crippen LogP contribution in [0.15, 0.2) is 29.2 Å². The van der Waals surface area contributed by atoms with Gasteiger partial charge in [-0.3, -0.25) is 0 Å². The van der Waals surface area contributed by atoms with E-state index in [4.69, 9.17) is 5.73 Å². The standard InChI is InChI=1S/C14H23N3O2S/c1-2-16-20(18,19)14-8-4-3-7-13(14)17-9-5-6-12(10-15)11-17/h3-4,7-8,12,16H,2,5-6,9-11,15H2,1H3. The zero-order valence-corrected chi connectivity index (χ0v) is 12.7. The second kappa shape index (κ2) is 6.56. The lowest BCUT2D eigenvalue weighted by molar-refractivity contribution is 0.422. The van der Waals surface area contributed by atoms with E-state index in [2.05, 4.69) is 9.62 Å². The second-order valence-corrected chi connectivity index (χ2v) is 6.89. The van der Waals surface area contributed by atoms with Gasteiger partial charge < -0.3 is 10.6 Å². The van der Waals surface area contributed by atoms with Crippen molar-refractivity contribution in [2.24, 2.45) is 11.7 Å². The summed E-state index contributed by atoms with van der Waals surface area (Å²) in [6.45, 7) is 4.54. The van der Waals surface area contributed by atoms with Crippen LogP contribution in [0.1, 0.15) is 19.8 Å². The molecule has 5 nitrogen and oxygen atoms in total. The molecule has 0 amide bonds. The van der Waals surface area contributed by atoms with Gasteiger partial charge in [-0.05, 0) is 37.4 Å². The van der Waals surface area contributed by atoms with Crippen molar-refractivity contribution in [3.8, 4) is 0 Å². The van der Waals surface area contributed by atoms with Crippen molar-refractivity contribution in [2.75, 3.05) is 31.1 Å². The maximum Gasteiger partial charge on any atom is 0.242 e. The molecule has 1 fully saturated rings. The molecule has 0 aromatic heterocycles. The Morgan fingerprint density at radius 3 is 2.85 bits per heavy atom. The quantitative estimate of drug-likeness (QED) is 0.855. The first kappa shape index (κ1) is 15.3. The number of nitrogens with two attached hydrogens (primary N) is 1. The van der Waals surface area contributed by atoms with Gasteiger partial charge in [0.25, 0.3) is 0 Å². The fourth-order valence-electron chi connectivity index (χ4n) is 2.69. The van der Waals surface area contributed by atoms with Crippen LogP contribution in [0, 0.1) is 5.92 Å². The molecule has 0 aliphatic carbocycles. The molecule has 0 spiro atoms. The summed E-state index contributed by atoms with van der Waals surface area (Å²) in [4.78, 5) is 2.50. The van der Waals surface area contributed by atoms with Crippen molar-refractivity contribution in [3.05, 3.63) is 24.3 Å². The molecule has 1 aromatic carbocycles. The third-order valence-corrected chi connectivity index (χ3v) is 5.28. The molecule has 2 rings (SSSR count). The Kier molecular flexibility index (Phi) is 5.01. The van der Waals surface area contributed by atoms with Gasteiger partial charge in [0, 0.05) is 19.6 Å². The van der Waals surface area contributed by atoms with E-state index in [0.29, 0.717) is 23.9 Å². The molecule has 1 aliphatic heterocycles. The average molecular weight is 297 g/mol. The molecule has 1 saturated heterocycles. The normalized spacial score (nSPS) is 20.1. The predicted molar refractivity (Wildman–Crippen MR) is 81.3 cm³/mol. The Labute approximate surface area is 121 Å². The van der Waals surface area contributed by atoms with Crippen molar-refractivity contribution in [3.63, 3.8) is 0 Å². The largest absolute Gasteiger partial charge is 0.370 e. The van der Waals surface area contributed by atoms with Gasteiger partial charge in [-0.25, -0.2) is 13.1 Å². The number of benzene rings is 1. The summed E-state index contributed by atoms with van der Waals surface area (Å²) in [5.74, 6) is 0.443. The highest BCUT2D eigenvalue weighted by Gasteiger charge is 2.24. The summed E-state index contributed by atoms with van der Waals surface area (Å²) in [7, 11) is -3.44. The van der Waals surface area contributed by atoms with Gasteiger partial charge in [-0.15, -0.1) is 0 Å². The minimum Gasteiger partial charge on any atom is -0.370 e. The molecule has 1 unspecified atom stereocenters. The number of nitrogens with zero attached hydrogens (tertiary/aromatic N) is 1. The third-order valence-electron chi connectivity index (χ3n) is 3.68. The molecule has 0 saturated carbocycles. The molecular weight excluding hydrogens is 274 g/mol. The van der Waals surface area contributed by atoms with E-state index < -0.39 is 10.0 Å². The van der Waals surface area contributed by atoms with Gasteiger partial charge in [0.15, 0.2) is 0 Å². The third kappa shape index (κ3) is 3.31. The van der Waals surface area contributed by atoms with E-state index in [1.807, 2.05) is 12.1 Å². The van der Waals surface area contributed by atoms with E-state index in [0.717, 1.165) is 31.6 Å². The number of anilines is 1. The number of sulfonamides is 1. The Hall–Kier alpha value is -1.11. The lowest BCUT2D eigenvalue weighted by atomic mass is 9.98. The van der Waals surface area contributed by atoms with Crippen molar-refractivity contribution in [2.45, 2.75) is 24.7 Å². The highest BCUT2D eigenvalue weighted by molar-refractivity contribution is 7.89. The first-order valence-corrected chi connectivity index (χ1v) is 8.60. The van der Waals surface area contributed by atoms with E-state index in [-0.39, 0.29) is 0 Å². The van der Waals surface area contributed by atoms with E-state index in [9.17, 15) is 8.42 Å². The predicted octanol–water partition coefficient (Wildman–Crippen LogP) is 1.16. The summed E-state index contributed by atoms with van der Waals surface area (Å²) in [5, 5.41) is 0. The smallest absolute Gasteiger partial charge is 0.242 e. The molecular formula is C14H23N3O2S. The first-order valence-electron chi connectivity index (χ1n) is 7.12. The van der Waals surface area contributed by atoms with Crippen molar-refractivity contribution >= 4 is 15.7 Å². The van der Waals surface area contributed by atoms with E-state index >= 15 is 0 Å². The van der Waals surface area contributed by atoms with Gasteiger partial charge in [-0.1, -0.05) is 19.1 Å². The van der Waals surface area contributed by atoms with Crippen molar-refractivity contribution in [1.82, 2.24) is 4.72 Å². The number of para-hydroxylation sites is 1. The van der Waals surface area contributed by atoms with Crippen LogP contribution in [0.3, 0.4) is 0 Å². The van der Waals surface area contributed by atoms with Crippen LogP contribution in [0.5, 0.6) is 0 Å². The van der Waals surface area contributed by atoms with E-state index in [1.165, 1.54) is 0 Å². The lowest BCUT2D eigenvalue weighted by Crippen LogP contribution is -2.39. The zero-order valence-electron chi connectivity index (χ0n) is 11.9. The summed E-state index contributed by atoms with van der Waals surface area (Å²) < 4.78 is 27.1. The Morgan fingerprint density at radius 2 is 2.15 bits per heavy atom. The Balaban J connectivity index is 2.33. The van der Waals surface area contributed by atoms with Gasteiger partial charge >= 0.3 is 0 Å². The van der Waals surface area contributed by atoms with Crippen molar-refractivity contribution in [1.29, 1.82) is 0 Å². The molecule has 1 aromatic rings. The van der Waals surface area contributed by atoms with Gasteiger partial charge in [0.05, 0.1) is 5.69 Å². The van der Waals surface area contributed by atoms with Gasteiger partial charge in [0.1, 0.15) is 4.90 Å². The zero-order chi connectivity index (χ0) is 14.6. The highest BCUT2D eigenvalue weighted by atomic mass is 32.2. The van der Waals surface area contributed by atoms with Crippen LogP contribution in [0.25, 0.3) is 0 Å².